The van der Waals surface area contributed by atoms with E-state index in [4.69, 9.17) is 23.2 Å². The molecule has 2 aromatic rings. The van der Waals surface area contributed by atoms with Crippen LogP contribution in [0.15, 0.2) is 42.5 Å². The topological polar surface area (TPSA) is 58.2 Å². The second kappa shape index (κ2) is 8.37. The van der Waals surface area contributed by atoms with Crippen LogP contribution in [0.5, 0.6) is 0 Å². The molecule has 4 nitrogen and oxygen atoms in total. The maximum absolute atomic E-state index is 12.3. The van der Waals surface area contributed by atoms with Gasteiger partial charge in [0.1, 0.15) is 6.04 Å². The molecule has 0 bridgehead atoms. The molecule has 2 rings (SSSR count). The van der Waals surface area contributed by atoms with Crippen LogP contribution in [-0.2, 0) is 4.79 Å². The third-order valence-electron chi connectivity index (χ3n) is 3.81. The smallest absolute Gasteiger partial charge is 0.251 e. The van der Waals surface area contributed by atoms with Crippen molar-refractivity contribution < 1.29 is 9.59 Å². The molecule has 0 radical (unpaired) electrons. The lowest BCUT2D eigenvalue weighted by Gasteiger charge is -2.20. The molecular weight excluding hydrogens is 359 g/mol. The predicted octanol–water partition coefficient (Wildman–Crippen LogP) is 4.30. The number of hydrogen-bond acceptors (Lipinski definition) is 2. The van der Waals surface area contributed by atoms with E-state index in [-0.39, 0.29) is 17.9 Å². The van der Waals surface area contributed by atoms with Crippen LogP contribution in [0.2, 0.25) is 10.0 Å². The van der Waals surface area contributed by atoms with Gasteiger partial charge in [-0.1, -0.05) is 47.0 Å². The molecule has 2 N–H and O–H groups in total. The number of nitrogens with one attached hydrogen (secondary N) is 2. The number of hydrogen-bond donors (Lipinski definition) is 2. The number of rotatable bonds is 5. The van der Waals surface area contributed by atoms with Gasteiger partial charge in [0, 0.05) is 15.6 Å². The van der Waals surface area contributed by atoms with Crippen LogP contribution < -0.4 is 10.6 Å². The van der Waals surface area contributed by atoms with Crippen molar-refractivity contribution in [2.24, 2.45) is 0 Å². The van der Waals surface area contributed by atoms with Gasteiger partial charge in [-0.25, -0.2) is 0 Å². The van der Waals surface area contributed by atoms with E-state index in [1.54, 1.807) is 43.3 Å². The van der Waals surface area contributed by atoms with Gasteiger partial charge in [0.15, 0.2) is 0 Å². The Bertz CT molecular complexity index is 793. The molecule has 25 heavy (non-hydrogen) atoms. The molecule has 0 aromatic heterocycles. The molecular formula is C19H20Cl2N2O2. The van der Waals surface area contributed by atoms with E-state index in [0.717, 1.165) is 11.1 Å². The summed E-state index contributed by atoms with van der Waals surface area (Å²) in [6.45, 7) is 5.37. The van der Waals surface area contributed by atoms with Crippen LogP contribution >= 0.6 is 23.2 Å². The molecule has 0 saturated heterocycles. The lowest BCUT2D eigenvalue weighted by molar-refractivity contribution is -0.123. The molecule has 6 heteroatoms. The summed E-state index contributed by atoms with van der Waals surface area (Å²) in [4.78, 5) is 24.6. The predicted molar refractivity (Wildman–Crippen MR) is 101 cm³/mol. The van der Waals surface area contributed by atoms with Crippen molar-refractivity contribution in [1.29, 1.82) is 0 Å². The van der Waals surface area contributed by atoms with Crippen LogP contribution in [0.25, 0.3) is 0 Å². The van der Waals surface area contributed by atoms with Crippen molar-refractivity contribution in [1.82, 2.24) is 10.6 Å². The summed E-state index contributed by atoms with van der Waals surface area (Å²) in [6.07, 6.45) is 0. The standard InChI is InChI=1S/C19H20Cl2N2O2/c1-11-5-4-6-14(9-11)19(25)23-13(3)18(24)22-12(2)16-8-7-15(20)10-17(16)21/h4-10,12-13H,1-3H3,(H,22,24)(H,23,25)/t12-,13+/m0/s1. The van der Waals surface area contributed by atoms with Crippen molar-refractivity contribution in [2.75, 3.05) is 0 Å². The fourth-order valence-corrected chi connectivity index (χ4v) is 2.97. The first-order valence-corrected chi connectivity index (χ1v) is 8.66. The second-order valence-corrected chi connectivity index (χ2v) is 6.80. The minimum atomic E-state index is -0.679. The van der Waals surface area contributed by atoms with Crippen molar-refractivity contribution in [3.63, 3.8) is 0 Å². The quantitative estimate of drug-likeness (QED) is 0.814. The average molecular weight is 379 g/mol. The van der Waals surface area contributed by atoms with Gasteiger partial charge >= 0.3 is 0 Å². The Morgan fingerprint density at radius 3 is 2.36 bits per heavy atom. The van der Waals surface area contributed by atoms with Crippen LogP contribution in [0.1, 0.15) is 41.4 Å². The van der Waals surface area contributed by atoms with E-state index in [0.29, 0.717) is 15.6 Å². The van der Waals surface area contributed by atoms with Gasteiger partial charge in [-0.15, -0.1) is 0 Å². The van der Waals surface area contributed by atoms with Crippen molar-refractivity contribution >= 4 is 35.0 Å². The molecule has 0 aliphatic rings. The van der Waals surface area contributed by atoms with Crippen LogP contribution in [0.4, 0.5) is 0 Å². The molecule has 2 aromatic carbocycles. The maximum Gasteiger partial charge on any atom is 0.251 e. The molecule has 0 aliphatic heterocycles. The number of benzene rings is 2. The molecule has 0 heterocycles. The first-order chi connectivity index (χ1) is 11.8. The number of amides is 2. The summed E-state index contributed by atoms with van der Waals surface area (Å²) < 4.78 is 0. The highest BCUT2D eigenvalue weighted by molar-refractivity contribution is 6.35. The summed E-state index contributed by atoms with van der Waals surface area (Å²) >= 11 is 12.0. The molecule has 132 valence electrons. The SMILES string of the molecule is Cc1cccc(C(=O)N[C@H](C)C(=O)N[C@@H](C)c2ccc(Cl)cc2Cl)c1. The zero-order valence-electron chi connectivity index (χ0n) is 14.3. The number of carbonyl (C=O) groups is 2. The zero-order valence-corrected chi connectivity index (χ0v) is 15.8. The Labute approximate surface area is 157 Å². The molecule has 0 unspecified atom stereocenters. The lowest BCUT2D eigenvalue weighted by atomic mass is 10.1. The molecule has 0 aliphatic carbocycles. The third-order valence-corrected chi connectivity index (χ3v) is 4.37. The van der Waals surface area contributed by atoms with Gasteiger partial charge in [0.05, 0.1) is 6.04 Å². The second-order valence-electron chi connectivity index (χ2n) is 5.96. The number of halogens is 2. The Morgan fingerprint density at radius 2 is 1.72 bits per heavy atom. The van der Waals surface area contributed by atoms with Gasteiger partial charge in [0.25, 0.3) is 5.91 Å². The fraction of sp³-hybridized carbons (Fsp3) is 0.263. The third kappa shape index (κ3) is 5.21. The molecule has 0 saturated carbocycles. The summed E-state index contributed by atoms with van der Waals surface area (Å²) in [7, 11) is 0. The van der Waals surface area contributed by atoms with E-state index in [1.165, 1.54) is 0 Å². The highest BCUT2D eigenvalue weighted by atomic mass is 35.5. The molecule has 0 fully saturated rings. The molecule has 2 atom stereocenters. The monoisotopic (exact) mass is 378 g/mol. The first kappa shape index (κ1) is 19.3. The Balaban J connectivity index is 1.98. The first-order valence-electron chi connectivity index (χ1n) is 7.91. The van der Waals surface area contributed by atoms with Crippen molar-refractivity contribution in [2.45, 2.75) is 32.9 Å². The average Bonchev–Trinajstić information content (AvgIpc) is 2.54. The normalized spacial score (nSPS) is 13.0. The van der Waals surface area contributed by atoms with Gasteiger partial charge in [0.2, 0.25) is 5.91 Å². The van der Waals surface area contributed by atoms with Crippen molar-refractivity contribution in [3.8, 4) is 0 Å². The van der Waals surface area contributed by atoms with Crippen LogP contribution in [0, 0.1) is 6.92 Å². The highest BCUT2D eigenvalue weighted by Crippen LogP contribution is 2.26. The van der Waals surface area contributed by atoms with E-state index in [1.807, 2.05) is 19.9 Å². The van der Waals surface area contributed by atoms with Crippen LogP contribution in [-0.4, -0.2) is 17.9 Å². The largest absolute Gasteiger partial charge is 0.348 e. The van der Waals surface area contributed by atoms with Crippen molar-refractivity contribution in [3.05, 3.63) is 69.2 Å². The Morgan fingerprint density at radius 1 is 1.00 bits per heavy atom. The summed E-state index contributed by atoms with van der Waals surface area (Å²) in [5, 5.41) is 6.56. The maximum atomic E-state index is 12.3. The Hall–Kier alpha value is -2.04. The highest BCUT2D eigenvalue weighted by Gasteiger charge is 2.20. The minimum Gasteiger partial charge on any atom is -0.348 e. The van der Waals surface area contributed by atoms with Gasteiger partial charge in [-0.2, -0.15) is 0 Å². The number of carbonyl (C=O) groups excluding carboxylic acids is 2. The van der Waals surface area contributed by atoms with E-state index in [2.05, 4.69) is 10.6 Å². The van der Waals surface area contributed by atoms with Gasteiger partial charge < -0.3 is 10.6 Å². The fourth-order valence-electron chi connectivity index (χ4n) is 2.40. The van der Waals surface area contributed by atoms with Gasteiger partial charge in [-0.3, -0.25) is 9.59 Å². The Kier molecular flexibility index (Phi) is 6.45. The number of aryl methyl sites for hydroxylation is 1. The lowest BCUT2D eigenvalue weighted by Crippen LogP contribution is -2.45. The molecule has 2 amide bonds. The van der Waals surface area contributed by atoms with E-state index < -0.39 is 6.04 Å². The summed E-state index contributed by atoms with van der Waals surface area (Å²) in [5.41, 5.74) is 2.26. The van der Waals surface area contributed by atoms with E-state index >= 15 is 0 Å². The minimum absolute atomic E-state index is 0.288. The zero-order chi connectivity index (χ0) is 18.6. The summed E-state index contributed by atoms with van der Waals surface area (Å²) in [5.74, 6) is -0.581. The summed E-state index contributed by atoms with van der Waals surface area (Å²) in [6, 6.07) is 11.3. The molecule has 0 spiro atoms. The van der Waals surface area contributed by atoms with E-state index in [9.17, 15) is 9.59 Å². The van der Waals surface area contributed by atoms with Gasteiger partial charge in [-0.05, 0) is 50.6 Å². The van der Waals surface area contributed by atoms with Crippen LogP contribution in [0.3, 0.4) is 0 Å².